The van der Waals surface area contributed by atoms with E-state index in [0.29, 0.717) is 24.5 Å². The summed E-state index contributed by atoms with van der Waals surface area (Å²) in [5, 5.41) is 9.72. The van der Waals surface area contributed by atoms with Crippen LogP contribution in [0.15, 0.2) is 36.4 Å². The normalized spacial score (nSPS) is 18.3. The Morgan fingerprint density at radius 1 is 1.06 bits per heavy atom. The molecule has 0 aliphatic carbocycles. The average molecular weight is 464 g/mol. The maximum atomic E-state index is 12.5. The summed E-state index contributed by atoms with van der Waals surface area (Å²) in [6.45, 7) is 8.77. The minimum absolute atomic E-state index is 0.0983. The van der Waals surface area contributed by atoms with Gasteiger partial charge in [-0.05, 0) is 42.8 Å². The molecule has 3 aliphatic rings. The van der Waals surface area contributed by atoms with E-state index in [1.54, 1.807) is 0 Å². The zero-order valence-corrected chi connectivity index (χ0v) is 19.6. The van der Waals surface area contributed by atoms with Gasteiger partial charge in [0.25, 0.3) is 0 Å². The molecule has 0 atom stereocenters. The summed E-state index contributed by atoms with van der Waals surface area (Å²) in [7, 11) is 0. The molecule has 0 unspecified atom stereocenters. The Balaban J connectivity index is 1.25. The van der Waals surface area contributed by atoms with E-state index in [9.17, 15) is 4.79 Å². The van der Waals surface area contributed by atoms with Gasteiger partial charge in [0.1, 0.15) is 5.82 Å². The second-order valence-corrected chi connectivity index (χ2v) is 9.91. The monoisotopic (exact) mass is 463 g/mol. The third-order valence-electron chi connectivity index (χ3n) is 6.93. The van der Waals surface area contributed by atoms with Gasteiger partial charge in [0.15, 0.2) is 5.82 Å². The van der Waals surface area contributed by atoms with E-state index < -0.39 is 0 Å². The predicted molar refractivity (Wildman–Crippen MR) is 127 cm³/mol. The SMILES string of the molecule is CCC(=O)N1Cc2cc(Cl)ccc2-n2c(nnc2N2CC3(CN(c4cccc(C)n4)C3)C2)C1. The highest BCUT2D eigenvalue weighted by molar-refractivity contribution is 6.30. The van der Waals surface area contributed by atoms with Crippen molar-refractivity contribution in [3.63, 3.8) is 0 Å². The van der Waals surface area contributed by atoms with Crippen LogP contribution in [0.25, 0.3) is 5.69 Å². The summed E-state index contributed by atoms with van der Waals surface area (Å²) in [4.78, 5) is 23.7. The van der Waals surface area contributed by atoms with E-state index in [-0.39, 0.29) is 11.3 Å². The van der Waals surface area contributed by atoms with Crippen LogP contribution in [-0.2, 0) is 17.9 Å². The highest BCUT2D eigenvalue weighted by Gasteiger charge is 2.53. The number of carbonyl (C=O) groups is 1. The van der Waals surface area contributed by atoms with Crippen LogP contribution in [-0.4, -0.2) is 56.7 Å². The Kier molecular flexibility index (Phi) is 4.62. The lowest BCUT2D eigenvalue weighted by Crippen LogP contribution is -2.73. The molecule has 2 fully saturated rings. The van der Waals surface area contributed by atoms with Crippen molar-refractivity contribution in [1.29, 1.82) is 0 Å². The van der Waals surface area contributed by atoms with Gasteiger partial charge in [-0.3, -0.25) is 9.36 Å². The van der Waals surface area contributed by atoms with Crippen LogP contribution in [0.1, 0.15) is 30.4 Å². The summed E-state index contributed by atoms with van der Waals surface area (Å²) < 4.78 is 2.11. The molecule has 3 aliphatic heterocycles. The van der Waals surface area contributed by atoms with Crippen molar-refractivity contribution in [3.05, 3.63) is 58.5 Å². The van der Waals surface area contributed by atoms with Gasteiger partial charge in [-0.25, -0.2) is 4.98 Å². The van der Waals surface area contributed by atoms with E-state index in [1.165, 1.54) is 0 Å². The Morgan fingerprint density at radius 2 is 1.85 bits per heavy atom. The first kappa shape index (κ1) is 20.5. The lowest BCUT2D eigenvalue weighted by molar-refractivity contribution is -0.132. The Bertz CT molecular complexity index is 1240. The molecule has 6 rings (SSSR count). The van der Waals surface area contributed by atoms with Crippen molar-refractivity contribution in [2.24, 2.45) is 5.41 Å². The molecule has 0 radical (unpaired) electrons. The maximum absolute atomic E-state index is 12.5. The number of nitrogens with zero attached hydrogens (tertiary/aromatic N) is 7. The number of carbonyl (C=O) groups excluding carboxylic acids is 1. The van der Waals surface area contributed by atoms with E-state index in [4.69, 9.17) is 11.6 Å². The van der Waals surface area contributed by atoms with Crippen molar-refractivity contribution in [2.45, 2.75) is 33.4 Å². The largest absolute Gasteiger partial charge is 0.355 e. The smallest absolute Gasteiger partial charge is 0.232 e. The fraction of sp³-hybridized carbons (Fsp3) is 0.417. The highest BCUT2D eigenvalue weighted by atomic mass is 35.5. The first-order valence-electron chi connectivity index (χ1n) is 11.4. The number of hydrogen-bond acceptors (Lipinski definition) is 6. The van der Waals surface area contributed by atoms with Crippen LogP contribution < -0.4 is 9.80 Å². The van der Waals surface area contributed by atoms with Crippen molar-refractivity contribution in [2.75, 3.05) is 36.0 Å². The molecule has 0 bridgehead atoms. The molecule has 170 valence electrons. The van der Waals surface area contributed by atoms with Crippen LogP contribution in [0.3, 0.4) is 0 Å². The van der Waals surface area contributed by atoms with E-state index >= 15 is 0 Å². The van der Waals surface area contributed by atoms with E-state index in [1.807, 2.05) is 43.0 Å². The van der Waals surface area contributed by atoms with Crippen LogP contribution in [0.4, 0.5) is 11.8 Å². The summed E-state index contributed by atoms with van der Waals surface area (Å²) in [6, 6.07) is 12.0. The first-order valence-corrected chi connectivity index (χ1v) is 11.8. The van der Waals surface area contributed by atoms with Crippen molar-refractivity contribution >= 4 is 29.3 Å². The molecule has 9 heteroatoms. The number of rotatable bonds is 3. The lowest BCUT2D eigenvalue weighted by Gasteiger charge is -2.60. The van der Waals surface area contributed by atoms with Gasteiger partial charge in [0.05, 0.1) is 12.2 Å². The zero-order valence-electron chi connectivity index (χ0n) is 18.8. The minimum Gasteiger partial charge on any atom is -0.355 e. The number of benzene rings is 1. The molecule has 5 heterocycles. The Hall–Kier alpha value is -3.13. The van der Waals surface area contributed by atoms with Crippen LogP contribution in [0.2, 0.25) is 5.02 Å². The van der Waals surface area contributed by atoms with Gasteiger partial charge in [-0.1, -0.05) is 24.6 Å². The topological polar surface area (TPSA) is 70.4 Å². The van der Waals surface area contributed by atoms with Gasteiger partial charge in [-0.15, -0.1) is 10.2 Å². The quantitative estimate of drug-likeness (QED) is 0.594. The summed E-state index contributed by atoms with van der Waals surface area (Å²) in [5.74, 6) is 2.79. The predicted octanol–water partition coefficient (Wildman–Crippen LogP) is 3.20. The van der Waals surface area contributed by atoms with Crippen LogP contribution >= 0.6 is 11.6 Å². The minimum atomic E-state index is 0.0983. The number of anilines is 2. The molecule has 1 amide bonds. The van der Waals surface area contributed by atoms with Crippen molar-refractivity contribution < 1.29 is 4.79 Å². The fourth-order valence-electron chi connectivity index (χ4n) is 5.33. The third kappa shape index (κ3) is 3.35. The fourth-order valence-corrected chi connectivity index (χ4v) is 5.52. The number of pyridine rings is 1. The van der Waals surface area contributed by atoms with Gasteiger partial charge in [0.2, 0.25) is 11.9 Å². The molecule has 1 aromatic carbocycles. The number of halogens is 1. The number of fused-ring (bicyclic) bond motifs is 3. The molecule has 2 saturated heterocycles. The van der Waals surface area contributed by atoms with Crippen LogP contribution in [0.5, 0.6) is 0 Å². The van der Waals surface area contributed by atoms with Crippen molar-refractivity contribution in [3.8, 4) is 5.69 Å². The number of amides is 1. The molecule has 3 aromatic rings. The zero-order chi connectivity index (χ0) is 22.7. The molecular formula is C24H26ClN7O. The second-order valence-electron chi connectivity index (χ2n) is 9.48. The highest BCUT2D eigenvalue weighted by Crippen LogP contribution is 2.44. The van der Waals surface area contributed by atoms with Gasteiger partial charge < -0.3 is 14.7 Å². The maximum Gasteiger partial charge on any atom is 0.232 e. The van der Waals surface area contributed by atoms with Crippen LogP contribution in [0, 0.1) is 12.3 Å². The summed E-state index contributed by atoms with van der Waals surface area (Å²) in [6.07, 6.45) is 0.456. The lowest BCUT2D eigenvalue weighted by atomic mass is 9.73. The van der Waals surface area contributed by atoms with Gasteiger partial charge in [0, 0.05) is 55.3 Å². The molecule has 0 saturated carbocycles. The standard InChI is InChI=1S/C24H26ClN7O/c1-3-22(33)29-10-17-9-18(25)7-8-19(17)32-21(11-29)27-28-23(32)31-14-24(15-31)12-30(13-24)20-6-4-5-16(2)26-20/h4-9H,3,10-15H2,1-2H3. The Morgan fingerprint density at radius 3 is 2.61 bits per heavy atom. The molecule has 8 nitrogen and oxygen atoms in total. The molecule has 2 aromatic heterocycles. The number of aromatic nitrogens is 4. The first-order chi connectivity index (χ1) is 15.9. The third-order valence-corrected chi connectivity index (χ3v) is 7.16. The summed E-state index contributed by atoms with van der Waals surface area (Å²) >= 11 is 6.31. The average Bonchev–Trinajstić information content (AvgIpc) is 3.06. The van der Waals surface area contributed by atoms with E-state index in [0.717, 1.165) is 60.7 Å². The van der Waals surface area contributed by atoms with E-state index in [2.05, 4.69) is 41.7 Å². The number of aryl methyl sites for hydroxylation is 1. The van der Waals surface area contributed by atoms with Gasteiger partial charge in [-0.2, -0.15) is 0 Å². The Labute approximate surface area is 197 Å². The molecule has 0 N–H and O–H groups in total. The summed E-state index contributed by atoms with van der Waals surface area (Å²) in [5.41, 5.74) is 3.33. The molecule has 1 spiro atoms. The van der Waals surface area contributed by atoms with Crippen molar-refractivity contribution in [1.82, 2.24) is 24.6 Å². The molecular weight excluding hydrogens is 438 g/mol. The number of hydrogen-bond donors (Lipinski definition) is 0. The molecule has 33 heavy (non-hydrogen) atoms. The van der Waals surface area contributed by atoms with Gasteiger partial charge >= 0.3 is 0 Å². The second kappa shape index (κ2) is 7.45.